The number of carbonyl (C=O) groups is 1. The van der Waals surface area contributed by atoms with Gasteiger partial charge in [0.15, 0.2) is 0 Å². The summed E-state index contributed by atoms with van der Waals surface area (Å²) in [5.41, 5.74) is 1.28. The van der Waals surface area contributed by atoms with E-state index in [-0.39, 0.29) is 18.7 Å². The Morgan fingerprint density at radius 3 is 2.61 bits per heavy atom. The second-order valence-corrected chi connectivity index (χ2v) is 5.76. The molecule has 0 aliphatic rings. The maximum Gasteiger partial charge on any atom is 0.339 e. The molecule has 0 atom stereocenters. The molecule has 0 bridgehead atoms. The Kier molecular flexibility index (Phi) is 5.78. The normalized spacial score (nSPS) is 11.0. The average Bonchev–Trinajstić information content (AvgIpc) is 2.54. The SMILES string of the molecule is COC(=O)c1ccc(CN(Cc2cccc(F)c2)[SH](=O)=O)nc1. The first-order chi connectivity index (χ1) is 11.0. The van der Waals surface area contributed by atoms with Gasteiger partial charge in [0.2, 0.25) is 10.9 Å². The van der Waals surface area contributed by atoms with Crippen molar-refractivity contribution in [3.8, 4) is 0 Å². The van der Waals surface area contributed by atoms with Crippen LogP contribution in [0.4, 0.5) is 4.39 Å². The minimum Gasteiger partial charge on any atom is -0.465 e. The molecule has 2 aromatic rings. The molecule has 0 spiro atoms. The number of pyridine rings is 1. The summed E-state index contributed by atoms with van der Waals surface area (Å²) in [6.07, 6.45) is 1.32. The maximum absolute atomic E-state index is 13.2. The first kappa shape index (κ1) is 17.0. The molecule has 0 N–H and O–H groups in total. The van der Waals surface area contributed by atoms with Gasteiger partial charge in [0.25, 0.3) is 0 Å². The second kappa shape index (κ2) is 7.80. The molecular weight excluding hydrogens is 323 g/mol. The average molecular weight is 338 g/mol. The number of nitrogens with zero attached hydrogens (tertiary/aromatic N) is 2. The first-order valence-corrected chi connectivity index (χ1v) is 7.79. The number of carbonyl (C=O) groups excluding carboxylic acids is 1. The minimum atomic E-state index is -2.86. The number of ether oxygens (including phenoxy) is 1. The molecule has 0 fully saturated rings. The molecule has 0 saturated carbocycles. The van der Waals surface area contributed by atoms with Crippen molar-refractivity contribution >= 4 is 16.9 Å². The summed E-state index contributed by atoms with van der Waals surface area (Å²) >= 11 is 0. The molecule has 1 aromatic heterocycles. The molecular formula is C15H15FN2O4S. The molecule has 23 heavy (non-hydrogen) atoms. The standard InChI is InChI=1S/C15H15FN2O4S/c1-22-15(19)12-5-6-14(17-8-12)10-18(23(20)21)9-11-3-2-4-13(16)7-11/h2-8,23H,9-10H2,1H3. The van der Waals surface area contributed by atoms with Crippen molar-refractivity contribution < 1.29 is 22.3 Å². The molecule has 0 unspecified atom stereocenters. The van der Waals surface area contributed by atoms with E-state index in [4.69, 9.17) is 0 Å². The summed E-state index contributed by atoms with van der Waals surface area (Å²) in [6.45, 7) is 0.0631. The highest BCUT2D eigenvalue weighted by Crippen LogP contribution is 2.11. The largest absolute Gasteiger partial charge is 0.465 e. The molecule has 0 radical (unpaired) electrons. The summed E-state index contributed by atoms with van der Waals surface area (Å²) in [6, 6.07) is 8.78. The van der Waals surface area contributed by atoms with Gasteiger partial charge in [-0.2, -0.15) is 4.31 Å². The predicted molar refractivity (Wildman–Crippen MR) is 81.5 cm³/mol. The van der Waals surface area contributed by atoms with E-state index >= 15 is 0 Å². The van der Waals surface area contributed by atoms with Crippen LogP contribution in [0.25, 0.3) is 0 Å². The number of hydrogen-bond donors (Lipinski definition) is 1. The topological polar surface area (TPSA) is 76.6 Å². The number of methoxy groups -OCH3 is 1. The minimum absolute atomic E-state index is 0.0245. The van der Waals surface area contributed by atoms with E-state index < -0.39 is 22.7 Å². The van der Waals surface area contributed by atoms with Crippen molar-refractivity contribution in [1.29, 1.82) is 0 Å². The van der Waals surface area contributed by atoms with Crippen molar-refractivity contribution in [2.75, 3.05) is 7.11 Å². The van der Waals surface area contributed by atoms with Crippen molar-refractivity contribution in [3.63, 3.8) is 0 Å². The van der Waals surface area contributed by atoms with Gasteiger partial charge < -0.3 is 4.74 Å². The summed E-state index contributed by atoms with van der Waals surface area (Å²) in [4.78, 5) is 15.4. The number of halogens is 1. The Morgan fingerprint density at radius 1 is 1.26 bits per heavy atom. The maximum atomic E-state index is 13.2. The fraction of sp³-hybridized carbons (Fsp3) is 0.200. The van der Waals surface area contributed by atoms with E-state index in [0.717, 1.165) is 4.31 Å². The van der Waals surface area contributed by atoms with Crippen LogP contribution in [0.5, 0.6) is 0 Å². The fourth-order valence-electron chi connectivity index (χ4n) is 1.96. The Labute approximate surface area is 134 Å². The van der Waals surface area contributed by atoms with Gasteiger partial charge in [0.1, 0.15) is 5.82 Å². The van der Waals surface area contributed by atoms with Crippen LogP contribution in [0.15, 0.2) is 42.6 Å². The van der Waals surface area contributed by atoms with Gasteiger partial charge in [-0.3, -0.25) is 4.98 Å². The highest BCUT2D eigenvalue weighted by atomic mass is 32.2. The van der Waals surface area contributed by atoms with Gasteiger partial charge >= 0.3 is 5.97 Å². The van der Waals surface area contributed by atoms with Crippen LogP contribution < -0.4 is 0 Å². The summed E-state index contributed by atoms with van der Waals surface area (Å²) in [7, 11) is -1.60. The van der Waals surface area contributed by atoms with Gasteiger partial charge in [0.05, 0.1) is 24.9 Å². The monoisotopic (exact) mass is 338 g/mol. The third kappa shape index (κ3) is 4.83. The van der Waals surface area contributed by atoms with E-state index in [0.29, 0.717) is 11.3 Å². The number of benzene rings is 1. The number of aromatic nitrogens is 1. The van der Waals surface area contributed by atoms with E-state index in [1.54, 1.807) is 12.1 Å². The zero-order valence-corrected chi connectivity index (χ0v) is 13.2. The van der Waals surface area contributed by atoms with E-state index in [2.05, 4.69) is 9.72 Å². The van der Waals surface area contributed by atoms with Gasteiger partial charge in [0, 0.05) is 12.7 Å². The fourth-order valence-corrected chi connectivity index (χ4v) is 2.50. The molecule has 0 amide bonds. The zero-order chi connectivity index (χ0) is 16.8. The van der Waals surface area contributed by atoms with Crippen LogP contribution in [0.2, 0.25) is 0 Å². The first-order valence-electron chi connectivity index (χ1n) is 6.66. The highest BCUT2D eigenvalue weighted by molar-refractivity contribution is 7.69. The predicted octanol–water partition coefficient (Wildman–Crippen LogP) is 1.54. The van der Waals surface area contributed by atoms with Crippen LogP contribution >= 0.6 is 0 Å². The lowest BCUT2D eigenvalue weighted by Gasteiger charge is -2.15. The molecule has 6 nitrogen and oxygen atoms in total. The van der Waals surface area contributed by atoms with Crippen molar-refractivity contribution in [2.24, 2.45) is 0 Å². The zero-order valence-electron chi connectivity index (χ0n) is 12.3. The third-order valence-corrected chi connectivity index (χ3v) is 3.82. The van der Waals surface area contributed by atoms with Gasteiger partial charge in [-0.15, -0.1) is 0 Å². The van der Waals surface area contributed by atoms with Gasteiger partial charge in [-0.25, -0.2) is 17.6 Å². The van der Waals surface area contributed by atoms with Crippen LogP contribution in [-0.2, 0) is 28.7 Å². The molecule has 1 heterocycles. The lowest BCUT2D eigenvalue weighted by molar-refractivity contribution is 0.0600. The van der Waals surface area contributed by atoms with Gasteiger partial charge in [-0.1, -0.05) is 12.1 Å². The van der Waals surface area contributed by atoms with Crippen molar-refractivity contribution in [3.05, 3.63) is 65.2 Å². The highest BCUT2D eigenvalue weighted by Gasteiger charge is 2.12. The van der Waals surface area contributed by atoms with Crippen LogP contribution in [0.3, 0.4) is 0 Å². The number of hydrogen-bond acceptors (Lipinski definition) is 5. The molecule has 2 rings (SSSR count). The molecule has 0 saturated heterocycles. The summed E-state index contributed by atoms with van der Waals surface area (Å²) < 4.78 is 41.6. The Balaban J connectivity index is 2.12. The number of esters is 1. The molecule has 8 heteroatoms. The van der Waals surface area contributed by atoms with Gasteiger partial charge in [-0.05, 0) is 29.8 Å². The molecule has 0 aliphatic carbocycles. The smallest absolute Gasteiger partial charge is 0.339 e. The number of rotatable bonds is 6. The van der Waals surface area contributed by atoms with Crippen LogP contribution in [0, 0.1) is 5.82 Å². The van der Waals surface area contributed by atoms with Crippen LogP contribution in [0.1, 0.15) is 21.6 Å². The molecule has 122 valence electrons. The lowest BCUT2D eigenvalue weighted by Crippen LogP contribution is -2.21. The Morgan fingerprint density at radius 2 is 2.04 bits per heavy atom. The van der Waals surface area contributed by atoms with Crippen molar-refractivity contribution in [2.45, 2.75) is 13.1 Å². The Hall–Kier alpha value is -2.32. The Bertz CT molecular complexity index is 754. The quantitative estimate of drug-likeness (QED) is 0.639. The van der Waals surface area contributed by atoms with Crippen molar-refractivity contribution in [1.82, 2.24) is 9.29 Å². The summed E-state index contributed by atoms with van der Waals surface area (Å²) in [5.74, 6) is -0.945. The summed E-state index contributed by atoms with van der Waals surface area (Å²) in [5, 5.41) is 0. The van der Waals surface area contributed by atoms with E-state index in [1.165, 1.54) is 37.6 Å². The third-order valence-electron chi connectivity index (χ3n) is 3.08. The van der Waals surface area contributed by atoms with E-state index in [1.807, 2.05) is 0 Å². The van der Waals surface area contributed by atoms with Crippen LogP contribution in [-0.4, -0.2) is 30.8 Å². The number of thiol groups is 1. The molecule has 1 aromatic carbocycles. The lowest BCUT2D eigenvalue weighted by atomic mass is 10.2. The second-order valence-electron chi connectivity index (χ2n) is 4.72. The van der Waals surface area contributed by atoms with E-state index in [9.17, 15) is 17.6 Å². The molecule has 0 aliphatic heterocycles.